The molecule has 0 saturated carbocycles. The van der Waals surface area contributed by atoms with Crippen molar-refractivity contribution in [2.75, 3.05) is 0 Å². The van der Waals surface area contributed by atoms with Gasteiger partial charge in [0.05, 0.1) is 5.69 Å². The highest BCUT2D eigenvalue weighted by atomic mass is 15.2. The number of rotatable bonds is 0. The van der Waals surface area contributed by atoms with Gasteiger partial charge in [-0.1, -0.05) is 0 Å². The molecule has 0 aliphatic carbocycles. The highest BCUT2D eigenvalue weighted by molar-refractivity contribution is 5.33. The summed E-state index contributed by atoms with van der Waals surface area (Å²) in [6, 6.07) is 0. The number of aryl methyl sites for hydroxylation is 3. The molecule has 0 N–H and O–H groups in total. The normalized spacial score (nSPS) is 10.9. The van der Waals surface area contributed by atoms with Crippen LogP contribution in [0.3, 0.4) is 0 Å². The van der Waals surface area contributed by atoms with Gasteiger partial charge in [0.2, 0.25) is 5.78 Å². The summed E-state index contributed by atoms with van der Waals surface area (Å²) >= 11 is 0. The Morgan fingerprint density at radius 2 is 1.92 bits per heavy atom. The molecule has 0 unspecified atom stereocenters. The molecule has 2 aromatic rings. The number of aromatic nitrogens is 4. The lowest BCUT2D eigenvalue weighted by Gasteiger charge is -1.94. The first-order chi connectivity index (χ1) is 5.68. The molecule has 0 spiro atoms. The molecule has 2 heterocycles. The van der Waals surface area contributed by atoms with Crippen molar-refractivity contribution in [1.29, 1.82) is 0 Å². The van der Waals surface area contributed by atoms with Crippen LogP contribution in [0.2, 0.25) is 0 Å². The monoisotopic (exact) mass is 162 g/mol. The first-order valence-electron chi connectivity index (χ1n) is 3.83. The molecular formula is C8H10N4. The molecule has 0 aliphatic heterocycles. The summed E-state index contributed by atoms with van der Waals surface area (Å²) in [5, 5.41) is 0. The van der Waals surface area contributed by atoms with E-state index in [1.807, 2.05) is 25.2 Å². The van der Waals surface area contributed by atoms with Crippen LogP contribution >= 0.6 is 0 Å². The average Bonchev–Trinajstić information content (AvgIpc) is 2.28. The smallest absolute Gasteiger partial charge is 0.237 e. The van der Waals surface area contributed by atoms with Gasteiger partial charge in [-0.15, -0.1) is 0 Å². The second kappa shape index (κ2) is 2.27. The highest BCUT2D eigenvalue weighted by Crippen LogP contribution is 2.07. The number of nitrogens with zero attached hydrogens (tertiary/aromatic N) is 4. The first-order valence-corrected chi connectivity index (χ1v) is 3.83. The molecule has 2 aromatic heterocycles. The van der Waals surface area contributed by atoms with E-state index in [2.05, 4.69) is 15.0 Å². The van der Waals surface area contributed by atoms with Crippen LogP contribution in [0.5, 0.6) is 0 Å². The maximum atomic E-state index is 4.29. The fourth-order valence-electron chi connectivity index (χ4n) is 1.14. The molecule has 0 radical (unpaired) electrons. The van der Waals surface area contributed by atoms with Crippen LogP contribution in [0.1, 0.15) is 17.2 Å². The second-order valence-electron chi connectivity index (χ2n) is 2.86. The Labute approximate surface area is 70.3 Å². The fourth-order valence-corrected chi connectivity index (χ4v) is 1.14. The van der Waals surface area contributed by atoms with E-state index in [1.54, 1.807) is 6.33 Å². The zero-order chi connectivity index (χ0) is 8.72. The quantitative estimate of drug-likeness (QED) is 0.581. The molecule has 4 heteroatoms. The molecule has 0 atom stereocenters. The van der Waals surface area contributed by atoms with Crippen LogP contribution in [-0.4, -0.2) is 19.4 Å². The average molecular weight is 162 g/mol. The number of fused-ring (bicyclic) bond motifs is 1. The number of imidazole rings is 1. The summed E-state index contributed by atoms with van der Waals surface area (Å²) in [4.78, 5) is 12.6. The molecule has 0 bridgehead atoms. The lowest BCUT2D eigenvalue weighted by atomic mass is 10.4. The Morgan fingerprint density at radius 3 is 2.67 bits per heavy atom. The minimum absolute atomic E-state index is 0.734. The molecule has 0 aliphatic rings. The standard InChI is InChI=1S/C8H10N4/c1-5-6(2)12-4-9-7(3)11-8(12)10-5/h4H,1-3H3. The van der Waals surface area contributed by atoms with Gasteiger partial charge in [0, 0.05) is 5.69 Å². The summed E-state index contributed by atoms with van der Waals surface area (Å²) in [6.07, 6.45) is 1.76. The van der Waals surface area contributed by atoms with E-state index in [1.165, 1.54) is 0 Å². The van der Waals surface area contributed by atoms with Gasteiger partial charge in [-0.2, -0.15) is 4.98 Å². The van der Waals surface area contributed by atoms with Crippen LogP contribution in [-0.2, 0) is 0 Å². The number of hydrogen-bond donors (Lipinski definition) is 0. The van der Waals surface area contributed by atoms with E-state index in [-0.39, 0.29) is 0 Å². The maximum Gasteiger partial charge on any atom is 0.237 e. The van der Waals surface area contributed by atoms with Gasteiger partial charge in [0.1, 0.15) is 12.2 Å². The summed E-state index contributed by atoms with van der Waals surface area (Å²) in [5.74, 6) is 1.49. The Morgan fingerprint density at radius 1 is 1.17 bits per heavy atom. The molecular weight excluding hydrogens is 152 g/mol. The summed E-state index contributed by atoms with van der Waals surface area (Å²) in [5.41, 5.74) is 2.11. The van der Waals surface area contributed by atoms with Crippen LogP contribution in [0, 0.1) is 20.8 Å². The summed E-state index contributed by atoms with van der Waals surface area (Å²) in [7, 11) is 0. The van der Waals surface area contributed by atoms with Crippen molar-refractivity contribution in [2.24, 2.45) is 0 Å². The van der Waals surface area contributed by atoms with Crippen molar-refractivity contribution < 1.29 is 0 Å². The van der Waals surface area contributed by atoms with Gasteiger partial charge in [-0.25, -0.2) is 9.97 Å². The van der Waals surface area contributed by atoms with Gasteiger partial charge < -0.3 is 0 Å². The lowest BCUT2D eigenvalue weighted by molar-refractivity contribution is 0.936. The first kappa shape index (κ1) is 7.21. The zero-order valence-corrected chi connectivity index (χ0v) is 7.37. The lowest BCUT2D eigenvalue weighted by Crippen LogP contribution is -1.95. The number of hydrogen-bond acceptors (Lipinski definition) is 3. The third-order valence-corrected chi connectivity index (χ3v) is 1.99. The van der Waals surface area contributed by atoms with Crippen molar-refractivity contribution in [2.45, 2.75) is 20.8 Å². The molecule has 0 saturated heterocycles. The zero-order valence-electron chi connectivity index (χ0n) is 7.37. The van der Waals surface area contributed by atoms with E-state index in [9.17, 15) is 0 Å². The van der Waals surface area contributed by atoms with Gasteiger partial charge in [0.15, 0.2) is 0 Å². The predicted molar refractivity (Wildman–Crippen MR) is 45.0 cm³/mol. The predicted octanol–water partition coefficient (Wildman–Crippen LogP) is 1.05. The molecule has 2 rings (SSSR count). The van der Waals surface area contributed by atoms with Gasteiger partial charge in [0.25, 0.3) is 0 Å². The van der Waals surface area contributed by atoms with E-state index in [4.69, 9.17) is 0 Å². The summed E-state index contributed by atoms with van der Waals surface area (Å²) < 4.78 is 1.89. The minimum atomic E-state index is 0.734. The van der Waals surface area contributed by atoms with Crippen LogP contribution in [0.4, 0.5) is 0 Å². The van der Waals surface area contributed by atoms with Crippen molar-refractivity contribution in [3.05, 3.63) is 23.5 Å². The molecule has 4 nitrogen and oxygen atoms in total. The van der Waals surface area contributed by atoms with Crippen molar-refractivity contribution in [3.63, 3.8) is 0 Å². The Bertz CT molecular complexity index is 430. The minimum Gasteiger partial charge on any atom is -0.271 e. The highest BCUT2D eigenvalue weighted by Gasteiger charge is 2.04. The van der Waals surface area contributed by atoms with Gasteiger partial charge in [-0.05, 0) is 20.8 Å². The van der Waals surface area contributed by atoms with E-state index >= 15 is 0 Å². The molecule has 0 fully saturated rings. The van der Waals surface area contributed by atoms with Crippen LogP contribution in [0.25, 0.3) is 5.78 Å². The third kappa shape index (κ3) is 0.879. The van der Waals surface area contributed by atoms with Crippen molar-refractivity contribution >= 4 is 5.78 Å². The molecule has 62 valence electrons. The van der Waals surface area contributed by atoms with Crippen LogP contribution in [0.15, 0.2) is 6.33 Å². The molecule has 0 aromatic carbocycles. The Kier molecular flexibility index (Phi) is 1.36. The van der Waals surface area contributed by atoms with E-state index in [0.29, 0.717) is 0 Å². The second-order valence-corrected chi connectivity index (χ2v) is 2.86. The van der Waals surface area contributed by atoms with E-state index < -0.39 is 0 Å². The van der Waals surface area contributed by atoms with E-state index in [0.717, 1.165) is 23.0 Å². The fraction of sp³-hybridized carbons (Fsp3) is 0.375. The SMILES string of the molecule is Cc1ncn2c(C)c(C)nc2n1. The van der Waals surface area contributed by atoms with Gasteiger partial charge >= 0.3 is 0 Å². The topological polar surface area (TPSA) is 43.1 Å². The van der Waals surface area contributed by atoms with Crippen molar-refractivity contribution in [3.8, 4) is 0 Å². The largest absolute Gasteiger partial charge is 0.271 e. The van der Waals surface area contributed by atoms with Crippen molar-refractivity contribution in [1.82, 2.24) is 19.4 Å². The maximum absolute atomic E-state index is 4.29. The third-order valence-electron chi connectivity index (χ3n) is 1.99. The van der Waals surface area contributed by atoms with Crippen LogP contribution < -0.4 is 0 Å². The Hall–Kier alpha value is -1.45. The Balaban J connectivity index is 2.87. The van der Waals surface area contributed by atoms with Gasteiger partial charge in [-0.3, -0.25) is 4.40 Å². The molecule has 0 amide bonds. The summed E-state index contributed by atoms with van der Waals surface area (Å²) in [6.45, 7) is 5.84. The molecule has 12 heavy (non-hydrogen) atoms.